The molecule has 0 fully saturated rings. The van der Waals surface area contributed by atoms with E-state index in [4.69, 9.17) is 5.84 Å². The van der Waals surface area contributed by atoms with Crippen LogP contribution >= 0.6 is 11.8 Å². The van der Waals surface area contributed by atoms with Crippen molar-refractivity contribution in [3.05, 3.63) is 54.0 Å². The molecule has 0 bridgehead atoms. The lowest BCUT2D eigenvalue weighted by Gasteiger charge is -2.03. The number of benzene rings is 1. The van der Waals surface area contributed by atoms with Gasteiger partial charge in [-0.2, -0.15) is 0 Å². The molecule has 88 valence electrons. The van der Waals surface area contributed by atoms with Crippen molar-refractivity contribution < 1.29 is 4.39 Å². The quantitative estimate of drug-likeness (QED) is 0.497. The largest absolute Gasteiger partial charge is 0.308 e. The lowest BCUT2D eigenvalue weighted by molar-refractivity contribution is 0.626. The molecule has 0 saturated heterocycles. The highest BCUT2D eigenvalue weighted by Gasteiger charge is 1.99. The molecule has 2 aromatic rings. The molecular weight excluding hydrogens is 237 g/mol. The molecule has 0 aliphatic heterocycles. The maximum atomic E-state index is 12.7. The van der Waals surface area contributed by atoms with Crippen LogP contribution < -0.4 is 11.3 Å². The summed E-state index contributed by atoms with van der Waals surface area (Å²) >= 11 is 1.60. The zero-order chi connectivity index (χ0) is 12.1. The zero-order valence-corrected chi connectivity index (χ0v) is 9.88. The Labute approximate surface area is 103 Å². The fourth-order valence-electron chi connectivity index (χ4n) is 1.33. The van der Waals surface area contributed by atoms with Crippen molar-refractivity contribution >= 4 is 17.6 Å². The summed E-state index contributed by atoms with van der Waals surface area (Å²) in [5.74, 6) is 6.43. The van der Waals surface area contributed by atoms with Crippen LogP contribution in [0.5, 0.6) is 0 Å². The molecule has 17 heavy (non-hydrogen) atoms. The predicted octanol–water partition coefficient (Wildman–Crippen LogP) is 2.80. The second-order valence-electron chi connectivity index (χ2n) is 3.40. The first kappa shape index (κ1) is 11.9. The first-order valence-corrected chi connectivity index (χ1v) is 6.07. The minimum Gasteiger partial charge on any atom is -0.308 e. The van der Waals surface area contributed by atoms with Crippen LogP contribution in [0, 0.1) is 5.82 Å². The fourth-order valence-corrected chi connectivity index (χ4v) is 2.13. The number of nitrogens with zero attached hydrogens (tertiary/aromatic N) is 1. The molecule has 0 spiro atoms. The molecule has 0 amide bonds. The van der Waals surface area contributed by atoms with Gasteiger partial charge < -0.3 is 5.43 Å². The molecular formula is C12H12FN3S. The molecule has 0 atom stereocenters. The Bertz CT molecular complexity index is 487. The van der Waals surface area contributed by atoms with Crippen molar-refractivity contribution in [2.75, 3.05) is 5.43 Å². The Morgan fingerprint density at radius 1 is 1.18 bits per heavy atom. The third-order valence-corrected chi connectivity index (χ3v) is 3.20. The van der Waals surface area contributed by atoms with E-state index in [1.54, 1.807) is 30.0 Å². The second-order valence-corrected chi connectivity index (χ2v) is 4.45. The van der Waals surface area contributed by atoms with Gasteiger partial charge in [-0.05, 0) is 36.4 Å². The van der Waals surface area contributed by atoms with Crippen LogP contribution in [0.3, 0.4) is 0 Å². The number of aromatic nitrogens is 1. The summed E-state index contributed by atoms with van der Waals surface area (Å²) in [5.41, 5.74) is 3.43. The average Bonchev–Trinajstić information content (AvgIpc) is 2.38. The number of hydrogen-bond donors (Lipinski definition) is 2. The second kappa shape index (κ2) is 5.65. The highest BCUT2D eigenvalue weighted by Crippen LogP contribution is 2.22. The topological polar surface area (TPSA) is 50.9 Å². The normalized spacial score (nSPS) is 10.2. The molecule has 1 heterocycles. The third-order valence-electron chi connectivity index (χ3n) is 2.16. The van der Waals surface area contributed by atoms with Crippen LogP contribution in [0.4, 0.5) is 10.2 Å². The summed E-state index contributed by atoms with van der Waals surface area (Å²) in [6.45, 7) is 0. The Morgan fingerprint density at radius 2 is 1.94 bits per heavy atom. The van der Waals surface area contributed by atoms with Gasteiger partial charge in [0.1, 0.15) is 11.6 Å². The molecule has 1 aromatic heterocycles. The van der Waals surface area contributed by atoms with E-state index >= 15 is 0 Å². The van der Waals surface area contributed by atoms with Crippen molar-refractivity contribution in [3.8, 4) is 0 Å². The van der Waals surface area contributed by atoms with Gasteiger partial charge in [0.15, 0.2) is 0 Å². The summed E-state index contributed by atoms with van der Waals surface area (Å²) in [6, 6.07) is 12.0. The molecule has 0 aliphatic carbocycles. The standard InChI is InChI=1S/C12H12FN3S/c13-9-4-6-11(7-5-9)17-8-10-2-1-3-12(15-10)16-14/h1-7H,8,14H2,(H,15,16). The number of nitrogens with one attached hydrogen (secondary N) is 1. The summed E-state index contributed by atoms with van der Waals surface area (Å²) in [5, 5.41) is 0. The van der Waals surface area contributed by atoms with Crippen molar-refractivity contribution in [2.45, 2.75) is 10.6 Å². The van der Waals surface area contributed by atoms with Crippen LogP contribution in [0.1, 0.15) is 5.69 Å². The van der Waals surface area contributed by atoms with Crippen molar-refractivity contribution in [2.24, 2.45) is 5.84 Å². The number of halogens is 1. The smallest absolute Gasteiger partial charge is 0.140 e. The summed E-state index contributed by atoms with van der Waals surface area (Å²) in [6.07, 6.45) is 0. The van der Waals surface area contributed by atoms with E-state index in [-0.39, 0.29) is 5.82 Å². The number of nitrogen functional groups attached to an aromatic ring is 1. The summed E-state index contributed by atoms with van der Waals surface area (Å²) < 4.78 is 12.7. The number of rotatable bonds is 4. The van der Waals surface area contributed by atoms with E-state index in [1.165, 1.54) is 12.1 Å². The van der Waals surface area contributed by atoms with E-state index < -0.39 is 0 Å². The molecule has 5 heteroatoms. The maximum Gasteiger partial charge on any atom is 0.140 e. The maximum absolute atomic E-state index is 12.7. The molecule has 0 saturated carbocycles. The fraction of sp³-hybridized carbons (Fsp3) is 0.0833. The van der Waals surface area contributed by atoms with Gasteiger partial charge in [-0.3, -0.25) is 0 Å². The van der Waals surface area contributed by atoms with Crippen LogP contribution in [0.2, 0.25) is 0 Å². The van der Waals surface area contributed by atoms with Gasteiger partial charge >= 0.3 is 0 Å². The van der Waals surface area contributed by atoms with Gasteiger partial charge in [0.25, 0.3) is 0 Å². The summed E-state index contributed by atoms with van der Waals surface area (Å²) in [7, 11) is 0. The molecule has 0 radical (unpaired) electrons. The van der Waals surface area contributed by atoms with Crippen molar-refractivity contribution in [1.82, 2.24) is 4.98 Å². The average molecular weight is 249 g/mol. The van der Waals surface area contributed by atoms with Crippen LogP contribution in [-0.4, -0.2) is 4.98 Å². The lowest BCUT2D eigenvalue weighted by Crippen LogP contribution is -2.08. The molecule has 1 aromatic carbocycles. The highest BCUT2D eigenvalue weighted by molar-refractivity contribution is 7.98. The van der Waals surface area contributed by atoms with Crippen molar-refractivity contribution in [3.63, 3.8) is 0 Å². The van der Waals surface area contributed by atoms with E-state index in [9.17, 15) is 4.39 Å². The minimum atomic E-state index is -0.221. The van der Waals surface area contributed by atoms with Crippen molar-refractivity contribution in [1.29, 1.82) is 0 Å². The van der Waals surface area contributed by atoms with Gasteiger partial charge in [-0.15, -0.1) is 11.8 Å². The number of nitrogens with two attached hydrogens (primary N) is 1. The van der Waals surface area contributed by atoms with Gasteiger partial charge in [0.2, 0.25) is 0 Å². The van der Waals surface area contributed by atoms with Gasteiger partial charge in [0.05, 0.1) is 5.69 Å². The number of hydrogen-bond acceptors (Lipinski definition) is 4. The van der Waals surface area contributed by atoms with Gasteiger partial charge in [-0.25, -0.2) is 15.2 Å². The van der Waals surface area contributed by atoms with Gasteiger partial charge in [0, 0.05) is 10.6 Å². The Kier molecular flexibility index (Phi) is 3.95. The molecule has 0 unspecified atom stereocenters. The molecule has 3 nitrogen and oxygen atoms in total. The SMILES string of the molecule is NNc1cccc(CSc2ccc(F)cc2)n1. The monoisotopic (exact) mass is 249 g/mol. The van der Waals surface area contributed by atoms with Crippen LogP contribution in [0.15, 0.2) is 47.4 Å². The number of thioether (sulfide) groups is 1. The lowest BCUT2D eigenvalue weighted by atomic mass is 10.3. The third kappa shape index (κ3) is 3.44. The minimum absolute atomic E-state index is 0.221. The van der Waals surface area contributed by atoms with E-state index in [0.29, 0.717) is 5.82 Å². The summed E-state index contributed by atoms with van der Waals surface area (Å²) in [4.78, 5) is 5.31. The number of pyridine rings is 1. The number of anilines is 1. The van der Waals surface area contributed by atoms with E-state index in [1.807, 2.05) is 12.1 Å². The van der Waals surface area contributed by atoms with E-state index in [2.05, 4.69) is 10.4 Å². The highest BCUT2D eigenvalue weighted by atomic mass is 32.2. The molecule has 3 N–H and O–H groups in total. The first-order chi connectivity index (χ1) is 8.28. The van der Waals surface area contributed by atoms with Gasteiger partial charge in [-0.1, -0.05) is 6.07 Å². The van der Waals surface area contributed by atoms with Crippen LogP contribution in [-0.2, 0) is 5.75 Å². The molecule has 2 rings (SSSR count). The molecule has 0 aliphatic rings. The van der Waals surface area contributed by atoms with E-state index in [0.717, 1.165) is 16.3 Å². The first-order valence-electron chi connectivity index (χ1n) is 5.09. The van der Waals surface area contributed by atoms with Crippen LogP contribution in [0.25, 0.3) is 0 Å². The Balaban J connectivity index is 1.99. The number of hydrazine groups is 1. The zero-order valence-electron chi connectivity index (χ0n) is 9.06. The Hall–Kier alpha value is -1.59. The Morgan fingerprint density at radius 3 is 2.65 bits per heavy atom. The predicted molar refractivity (Wildman–Crippen MR) is 68.0 cm³/mol.